The number of rotatable bonds is 2. The van der Waals surface area contributed by atoms with E-state index in [0.29, 0.717) is 5.92 Å². The monoisotopic (exact) mass is 279 g/mol. The van der Waals surface area contributed by atoms with Gasteiger partial charge >= 0.3 is 0 Å². The molecule has 106 valence electrons. The summed E-state index contributed by atoms with van der Waals surface area (Å²) in [6, 6.07) is 12.3. The van der Waals surface area contributed by atoms with E-state index >= 15 is 0 Å². The Balaban J connectivity index is 2.00. The molecule has 0 spiro atoms. The zero-order chi connectivity index (χ0) is 14.2. The van der Waals surface area contributed by atoms with Crippen LogP contribution in [0.25, 0.3) is 16.9 Å². The SMILES string of the molecule is Cc1ccccc1-n1c(C2CCOC2)nc2cccnc21. The van der Waals surface area contributed by atoms with Crippen molar-refractivity contribution in [3.8, 4) is 5.69 Å². The molecule has 3 heterocycles. The molecule has 1 saturated heterocycles. The van der Waals surface area contributed by atoms with E-state index in [1.54, 1.807) is 0 Å². The van der Waals surface area contributed by atoms with Gasteiger partial charge in [0.05, 0.1) is 12.3 Å². The molecule has 0 saturated carbocycles. The summed E-state index contributed by atoms with van der Waals surface area (Å²) in [6.07, 6.45) is 2.85. The third-order valence-corrected chi connectivity index (χ3v) is 4.09. The highest BCUT2D eigenvalue weighted by Crippen LogP contribution is 2.30. The zero-order valence-electron chi connectivity index (χ0n) is 12.0. The highest BCUT2D eigenvalue weighted by atomic mass is 16.5. The predicted molar refractivity (Wildman–Crippen MR) is 81.8 cm³/mol. The van der Waals surface area contributed by atoms with Gasteiger partial charge in [-0.3, -0.25) is 4.57 Å². The first-order valence-electron chi connectivity index (χ1n) is 7.32. The molecule has 1 aliphatic heterocycles. The molecule has 0 amide bonds. The fourth-order valence-corrected chi connectivity index (χ4v) is 2.99. The third kappa shape index (κ3) is 2.03. The molecule has 1 aliphatic rings. The summed E-state index contributed by atoms with van der Waals surface area (Å²) in [4.78, 5) is 9.38. The van der Waals surface area contributed by atoms with Gasteiger partial charge in [-0.25, -0.2) is 9.97 Å². The minimum absolute atomic E-state index is 0.346. The summed E-state index contributed by atoms with van der Waals surface area (Å²) in [5, 5.41) is 0. The Morgan fingerprint density at radius 3 is 2.90 bits per heavy atom. The van der Waals surface area contributed by atoms with Crippen molar-refractivity contribution in [3.05, 3.63) is 54.0 Å². The van der Waals surface area contributed by atoms with Crippen molar-refractivity contribution in [2.24, 2.45) is 0 Å². The van der Waals surface area contributed by atoms with Crippen molar-refractivity contribution in [2.45, 2.75) is 19.3 Å². The van der Waals surface area contributed by atoms with Gasteiger partial charge < -0.3 is 4.74 Å². The number of hydrogen-bond acceptors (Lipinski definition) is 3. The van der Waals surface area contributed by atoms with Crippen LogP contribution in [0, 0.1) is 6.92 Å². The molecular weight excluding hydrogens is 262 g/mol. The number of imidazole rings is 1. The Bertz CT molecular complexity index is 788. The van der Waals surface area contributed by atoms with Crippen molar-refractivity contribution < 1.29 is 4.74 Å². The second kappa shape index (κ2) is 4.97. The van der Waals surface area contributed by atoms with Crippen molar-refractivity contribution in [1.82, 2.24) is 14.5 Å². The lowest BCUT2D eigenvalue weighted by Crippen LogP contribution is -2.09. The van der Waals surface area contributed by atoms with E-state index in [-0.39, 0.29) is 0 Å². The lowest BCUT2D eigenvalue weighted by Gasteiger charge is -2.14. The number of fused-ring (bicyclic) bond motifs is 1. The first-order chi connectivity index (χ1) is 10.3. The van der Waals surface area contributed by atoms with Gasteiger partial charge in [0.25, 0.3) is 0 Å². The first-order valence-corrected chi connectivity index (χ1v) is 7.32. The average molecular weight is 279 g/mol. The molecule has 0 N–H and O–H groups in total. The molecule has 4 rings (SSSR count). The second-order valence-electron chi connectivity index (χ2n) is 5.50. The zero-order valence-corrected chi connectivity index (χ0v) is 12.0. The number of aryl methyl sites for hydroxylation is 1. The van der Waals surface area contributed by atoms with Crippen molar-refractivity contribution >= 4 is 11.2 Å². The van der Waals surface area contributed by atoms with Crippen molar-refractivity contribution in [3.63, 3.8) is 0 Å². The molecule has 1 aromatic carbocycles. The van der Waals surface area contributed by atoms with Crippen LogP contribution in [0.5, 0.6) is 0 Å². The normalized spacial score (nSPS) is 18.4. The number of pyridine rings is 1. The summed E-state index contributed by atoms with van der Waals surface area (Å²) in [5.74, 6) is 1.41. The van der Waals surface area contributed by atoms with Gasteiger partial charge in [-0.2, -0.15) is 0 Å². The summed E-state index contributed by atoms with van der Waals surface area (Å²) in [5.41, 5.74) is 4.25. The molecule has 0 aliphatic carbocycles. The predicted octanol–water partition coefficient (Wildman–Crippen LogP) is 3.23. The first kappa shape index (κ1) is 12.5. The van der Waals surface area contributed by atoms with E-state index in [0.717, 1.165) is 42.3 Å². The maximum atomic E-state index is 5.55. The largest absolute Gasteiger partial charge is 0.381 e. The molecule has 21 heavy (non-hydrogen) atoms. The summed E-state index contributed by atoms with van der Waals surface area (Å²) >= 11 is 0. The van der Waals surface area contributed by atoms with E-state index in [1.165, 1.54) is 5.56 Å². The number of aromatic nitrogens is 3. The fraction of sp³-hybridized carbons (Fsp3) is 0.294. The van der Waals surface area contributed by atoms with Gasteiger partial charge in [0.1, 0.15) is 11.3 Å². The maximum absolute atomic E-state index is 5.55. The van der Waals surface area contributed by atoms with Crippen molar-refractivity contribution in [1.29, 1.82) is 0 Å². The van der Waals surface area contributed by atoms with Crippen LogP contribution < -0.4 is 0 Å². The second-order valence-corrected chi connectivity index (χ2v) is 5.50. The van der Waals surface area contributed by atoms with Gasteiger partial charge in [-0.1, -0.05) is 18.2 Å². The Labute approximate surface area is 123 Å². The standard InChI is InChI=1S/C17H17N3O/c1-12-5-2-3-7-15(12)20-16(13-8-10-21-11-13)19-14-6-4-9-18-17(14)20/h2-7,9,13H,8,10-11H2,1H3. The van der Waals surface area contributed by atoms with Crippen LogP contribution in [0.15, 0.2) is 42.6 Å². The van der Waals surface area contributed by atoms with Gasteiger partial charge in [0.2, 0.25) is 0 Å². The van der Waals surface area contributed by atoms with E-state index in [9.17, 15) is 0 Å². The molecule has 3 aromatic rings. The van der Waals surface area contributed by atoms with Crippen LogP contribution in [0.2, 0.25) is 0 Å². The number of benzene rings is 1. The Morgan fingerprint density at radius 1 is 1.19 bits per heavy atom. The lowest BCUT2D eigenvalue weighted by molar-refractivity contribution is 0.193. The van der Waals surface area contributed by atoms with E-state index in [4.69, 9.17) is 9.72 Å². The van der Waals surface area contributed by atoms with Crippen LogP contribution in [-0.2, 0) is 4.74 Å². The van der Waals surface area contributed by atoms with E-state index in [2.05, 4.69) is 40.7 Å². The summed E-state index contributed by atoms with van der Waals surface area (Å²) in [7, 11) is 0. The molecule has 1 atom stereocenters. The molecule has 0 bridgehead atoms. The van der Waals surface area contributed by atoms with Crippen LogP contribution in [0.3, 0.4) is 0 Å². The lowest BCUT2D eigenvalue weighted by atomic mass is 10.1. The Hall–Kier alpha value is -2.20. The minimum atomic E-state index is 0.346. The molecule has 4 heteroatoms. The van der Waals surface area contributed by atoms with Gasteiger partial charge in [0.15, 0.2) is 5.65 Å². The van der Waals surface area contributed by atoms with Crippen LogP contribution in [-0.4, -0.2) is 27.7 Å². The third-order valence-electron chi connectivity index (χ3n) is 4.09. The Kier molecular flexibility index (Phi) is 2.97. The minimum Gasteiger partial charge on any atom is -0.381 e. The van der Waals surface area contributed by atoms with E-state index in [1.807, 2.05) is 18.3 Å². The van der Waals surface area contributed by atoms with E-state index < -0.39 is 0 Å². The molecular formula is C17H17N3O. The van der Waals surface area contributed by atoms with Gasteiger partial charge in [-0.15, -0.1) is 0 Å². The Morgan fingerprint density at radius 2 is 2.10 bits per heavy atom. The quantitative estimate of drug-likeness (QED) is 0.723. The van der Waals surface area contributed by atoms with Gasteiger partial charge in [-0.05, 0) is 37.1 Å². The number of hydrogen-bond donors (Lipinski definition) is 0. The number of para-hydroxylation sites is 1. The number of nitrogens with zero attached hydrogens (tertiary/aromatic N) is 3. The maximum Gasteiger partial charge on any atom is 0.164 e. The average Bonchev–Trinajstić information content (AvgIpc) is 3.15. The highest BCUT2D eigenvalue weighted by molar-refractivity contribution is 5.74. The smallest absolute Gasteiger partial charge is 0.164 e. The van der Waals surface area contributed by atoms with Crippen LogP contribution >= 0.6 is 0 Å². The molecule has 1 fully saturated rings. The molecule has 0 radical (unpaired) electrons. The highest BCUT2D eigenvalue weighted by Gasteiger charge is 2.25. The number of ether oxygens (including phenoxy) is 1. The van der Waals surface area contributed by atoms with Crippen molar-refractivity contribution in [2.75, 3.05) is 13.2 Å². The summed E-state index contributed by atoms with van der Waals surface area (Å²) < 4.78 is 7.75. The molecule has 2 aromatic heterocycles. The fourth-order valence-electron chi connectivity index (χ4n) is 2.99. The molecule has 4 nitrogen and oxygen atoms in total. The van der Waals surface area contributed by atoms with Crippen LogP contribution in [0.1, 0.15) is 23.7 Å². The topological polar surface area (TPSA) is 39.9 Å². The molecule has 1 unspecified atom stereocenters. The summed E-state index contributed by atoms with van der Waals surface area (Å²) in [6.45, 7) is 3.68. The van der Waals surface area contributed by atoms with Crippen LogP contribution in [0.4, 0.5) is 0 Å². The van der Waals surface area contributed by atoms with Gasteiger partial charge in [0, 0.05) is 18.7 Å².